The molecule has 0 radical (unpaired) electrons. The van der Waals surface area contributed by atoms with Gasteiger partial charge in [0.1, 0.15) is 10.0 Å². The van der Waals surface area contributed by atoms with Crippen molar-refractivity contribution >= 4 is 58.9 Å². The van der Waals surface area contributed by atoms with Crippen LogP contribution in [-0.4, -0.2) is 8.42 Å². The van der Waals surface area contributed by atoms with Crippen LogP contribution in [0.1, 0.15) is 0 Å². The topological polar surface area (TPSA) is 46.2 Å². The minimum atomic E-state index is -3.74. The molecule has 0 atom stereocenters. The molecule has 18 heavy (non-hydrogen) atoms. The van der Waals surface area contributed by atoms with Gasteiger partial charge in [-0.25, -0.2) is 12.8 Å². The summed E-state index contributed by atoms with van der Waals surface area (Å²) < 4.78 is 41.0. The van der Waals surface area contributed by atoms with Crippen molar-refractivity contribution in [3.8, 4) is 0 Å². The van der Waals surface area contributed by atoms with Crippen molar-refractivity contribution < 1.29 is 12.8 Å². The highest BCUT2D eigenvalue weighted by molar-refractivity contribution is 9.11. The summed E-state index contributed by atoms with van der Waals surface area (Å²) in [6.07, 6.45) is 0. The van der Waals surface area contributed by atoms with E-state index >= 15 is 0 Å². The third-order valence-electron chi connectivity index (χ3n) is 1.99. The molecule has 1 aromatic heterocycles. The van der Waals surface area contributed by atoms with Crippen LogP contribution in [0.4, 0.5) is 10.1 Å². The number of thiophene rings is 1. The third-order valence-corrected chi connectivity index (χ3v) is 5.96. The molecule has 0 aliphatic rings. The lowest BCUT2D eigenvalue weighted by molar-refractivity contribution is 0.600. The molecule has 0 saturated carbocycles. The zero-order valence-corrected chi connectivity index (χ0v) is 13.5. The van der Waals surface area contributed by atoms with E-state index in [0.29, 0.717) is 8.26 Å². The highest BCUT2D eigenvalue weighted by atomic mass is 79.9. The Bertz CT molecular complexity index is 685. The summed E-state index contributed by atoms with van der Waals surface area (Å²) in [6, 6.07) is 7.19. The summed E-state index contributed by atoms with van der Waals surface area (Å²) in [4.78, 5) is 0. The molecule has 0 saturated heterocycles. The van der Waals surface area contributed by atoms with Crippen molar-refractivity contribution in [2.45, 2.75) is 4.21 Å². The Labute approximate surface area is 124 Å². The van der Waals surface area contributed by atoms with Gasteiger partial charge in [-0.2, -0.15) is 0 Å². The van der Waals surface area contributed by atoms with Gasteiger partial charge in [0.25, 0.3) is 10.0 Å². The van der Waals surface area contributed by atoms with E-state index in [0.717, 1.165) is 11.3 Å². The molecular weight excluding hydrogens is 409 g/mol. The highest BCUT2D eigenvalue weighted by Crippen LogP contribution is 2.28. The average molecular weight is 415 g/mol. The van der Waals surface area contributed by atoms with Crippen molar-refractivity contribution in [3.05, 3.63) is 44.4 Å². The van der Waals surface area contributed by atoms with Gasteiger partial charge in [0.05, 0.1) is 9.47 Å². The molecular formula is C10H6Br2FNO2S2. The van der Waals surface area contributed by atoms with Crippen LogP contribution in [-0.2, 0) is 10.0 Å². The quantitative estimate of drug-likeness (QED) is 0.817. The number of sulfonamides is 1. The van der Waals surface area contributed by atoms with E-state index in [1.807, 2.05) is 0 Å². The summed E-state index contributed by atoms with van der Waals surface area (Å²) in [6.45, 7) is 0. The molecule has 2 aromatic rings. The normalized spacial score (nSPS) is 11.5. The predicted molar refractivity (Wildman–Crippen MR) is 76.9 cm³/mol. The SMILES string of the molecule is O=S(=O)(Nc1ccc(Br)cc1F)c1ccc(Br)s1. The van der Waals surface area contributed by atoms with Gasteiger partial charge >= 0.3 is 0 Å². The van der Waals surface area contributed by atoms with E-state index in [9.17, 15) is 12.8 Å². The van der Waals surface area contributed by atoms with Gasteiger partial charge in [0.15, 0.2) is 0 Å². The Hall–Kier alpha value is -0.440. The summed E-state index contributed by atoms with van der Waals surface area (Å²) in [5, 5.41) is 0. The Morgan fingerprint density at radius 2 is 1.89 bits per heavy atom. The second-order valence-electron chi connectivity index (χ2n) is 3.29. The minimum Gasteiger partial charge on any atom is -0.276 e. The Balaban J connectivity index is 2.33. The second kappa shape index (κ2) is 5.28. The van der Waals surface area contributed by atoms with Crippen LogP contribution in [0.25, 0.3) is 0 Å². The number of hydrogen-bond donors (Lipinski definition) is 1. The summed E-state index contributed by atoms with van der Waals surface area (Å²) >= 11 is 7.34. The molecule has 0 amide bonds. The van der Waals surface area contributed by atoms with Gasteiger partial charge in [-0.15, -0.1) is 11.3 Å². The summed E-state index contributed by atoms with van der Waals surface area (Å²) in [5.74, 6) is -0.636. The second-order valence-corrected chi connectivity index (χ2v) is 8.58. The first kappa shape index (κ1) is 14.0. The molecule has 1 aromatic carbocycles. The Kier molecular flexibility index (Phi) is 4.10. The molecule has 1 heterocycles. The highest BCUT2D eigenvalue weighted by Gasteiger charge is 2.18. The molecule has 0 spiro atoms. The number of benzene rings is 1. The zero-order chi connectivity index (χ0) is 13.3. The number of nitrogens with one attached hydrogen (secondary N) is 1. The van der Waals surface area contributed by atoms with Gasteiger partial charge < -0.3 is 0 Å². The largest absolute Gasteiger partial charge is 0.276 e. The van der Waals surface area contributed by atoms with Crippen LogP contribution in [0.15, 0.2) is 42.8 Å². The van der Waals surface area contributed by atoms with Crippen LogP contribution in [0.2, 0.25) is 0 Å². The molecule has 0 aliphatic heterocycles. The fraction of sp³-hybridized carbons (Fsp3) is 0. The van der Waals surface area contributed by atoms with Crippen LogP contribution >= 0.6 is 43.2 Å². The number of halogens is 3. The van der Waals surface area contributed by atoms with Gasteiger partial charge in [-0.05, 0) is 46.3 Å². The van der Waals surface area contributed by atoms with E-state index < -0.39 is 15.8 Å². The van der Waals surface area contributed by atoms with E-state index in [4.69, 9.17) is 0 Å². The van der Waals surface area contributed by atoms with Gasteiger partial charge in [-0.1, -0.05) is 15.9 Å². The van der Waals surface area contributed by atoms with E-state index in [1.54, 1.807) is 12.1 Å². The van der Waals surface area contributed by atoms with Gasteiger partial charge in [-0.3, -0.25) is 4.72 Å². The lowest BCUT2D eigenvalue weighted by Gasteiger charge is -2.07. The summed E-state index contributed by atoms with van der Waals surface area (Å²) in [7, 11) is -3.74. The van der Waals surface area contributed by atoms with E-state index in [1.165, 1.54) is 18.2 Å². The number of anilines is 1. The smallest absolute Gasteiger partial charge is 0.271 e. The van der Waals surface area contributed by atoms with Gasteiger partial charge in [0, 0.05) is 4.47 Å². The molecule has 0 fully saturated rings. The maximum atomic E-state index is 13.5. The van der Waals surface area contributed by atoms with E-state index in [-0.39, 0.29) is 9.90 Å². The van der Waals surface area contributed by atoms with Crippen molar-refractivity contribution in [2.24, 2.45) is 0 Å². The van der Waals surface area contributed by atoms with Crippen LogP contribution < -0.4 is 4.72 Å². The predicted octanol–water partition coefficient (Wildman–Crippen LogP) is 4.21. The first-order valence-electron chi connectivity index (χ1n) is 4.62. The maximum Gasteiger partial charge on any atom is 0.271 e. The molecule has 0 unspecified atom stereocenters. The van der Waals surface area contributed by atoms with Crippen molar-refractivity contribution in [2.75, 3.05) is 4.72 Å². The first-order chi connectivity index (χ1) is 8.38. The van der Waals surface area contributed by atoms with E-state index in [2.05, 4.69) is 36.6 Å². The average Bonchev–Trinajstić information content (AvgIpc) is 2.70. The number of hydrogen-bond acceptors (Lipinski definition) is 3. The fourth-order valence-electron chi connectivity index (χ4n) is 1.21. The first-order valence-corrected chi connectivity index (χ1v) is 8.50. The molecule has 3 nitrogen and oxygen atoms in total. The monoisotopic (exact) mass is 413 g/mol. The van der Waals surface area contributed by atoms with Crippen molar-refractivity contribution in [3.63, 3.8) is 0 Å². The lowest BCUT2D eigenvalue weighted by atomic mass is 10.3. The zero-order valence-electron chi connectivity index (χ0n) is 8.65. The molecule has 0 aliphatic carbocycles. The van der Waals surface area contributed by atoms with Crippen molar-refractivity contribution in [1.82, 2.24) is 0 Å². The minimum absolute atomic E-state index is 0.0808. The standard InChI is InChI=1S/C10H6Br2FNO2S2/c11-6-1-2-8(7(13)5-6)14-18(15,16)10-4-3-9(12)17-10/h1-5,14H. The van der Waals surface area contributed by atoms with Gasteiger partial charge in [0.2, 0.25) is 0 Å². The Morgan fingerprint density at radius 1 is 1.17 bits per heavy atom. The third kappa shape index (κ3) is 3.11. The summed E-state index contributed by atoms with van der Waals surface area (Å²) in [5.41, 5.74) is -0.0808. The van der Waals surface area contributed by atoms with Crippen molar-refractivity contribution in [1.29, 1.82) is 0 Å². The lowest BCUT2D eigenvalue weighted by Crippen LogP contribution is -2.12. The van der Waals surface area contributed by atoms with Crippen LogP contribution in [0.3, 0.4) is 0 Å². The number of rotatable bonds is 3. The van der Waals surface area contributed by atoms with Crippen LogP contribution in [0, 0.1) is 5.82 Å². The molecule has 2 rings (SSSR count). The molecule has 0 bridgehead atoms. The Morgan fingerprint density at radius 3 is 2.44 bits per heavy atom. The van der Waals surface area contributed by atoms with Crippen LogP contribution in [0.5, 0.6) is 0 Å². The molecule has 1 N–H and O–H groups in total. The maximum absolute atomic E-state index is 13.5. The fourth-order valence-corrected chi connectivity index (χ4v) is 4.62. The molecule has 96 valence electrons. The molecule has 8 heteroatoms.